The van der Waals surface area contributed by atoms with E-state index in [1.807, 2.05) is 6.92 Å². The summed E-state index contributed by atoms with van der Waals surface area (Å²) in [7, 11) is 0. The van der Waals surface area contributed by atoms with E-state index in [-0.39, 0.29) is 12.1 Å². The number of benzene rings is 1. The zero-order valence-corrected chi connectivity index (χ0v) is 16.2. The summed E-state index contributed by atoms with van der Waals surface area (Å²) in [4.78, 5) is 16.7. The summed E-state index contributed by atoms with van der Waals surface area (Å²) < 4.78 is 29.0. The van der Waals surface area contributed by atoms with E-state index in [2.05, 4.69) is 9.62 Å². The van der Waals surface area contributed by atoms with Gasteiger partial charge in [-0.05, 0) is 49.9 Å². The molecule has 26 heavy (non-hydrogen) atoms. The highest BCUT2D eigenvalue weighted by Gasteiger charge is 2.30. The van der Waals surface area contributed by atoms with E-state index < -0.39 is 11.3 Å². The topological polar surface area (TPSA) is 84.9 Å². The molecular weight excluding hydrogens is 374 g/mol. The van der Waals surface area contributed by atoms with Crippen molar-refractivity contribution < 1.29 is 18.3 Å². The number of hydrogen-bond donors (Lipinski definition) is 1. The summed E-state index contributed by atoms with van der Waals surface area (Å²) in [5.41, 5.74) is 1.33. The van der Waals surface area contributed by atoms with Crippen molar-refractivity contribution >= 4 is 40.3 Å². The number of carbonyl (C=O) groups excluding carboxylic acids is 1. The van der Waals surface area contributed by atoms with Crippen LogP contribution >= 0.6 is 12.2 Å². The predicted octanol–water partition coefficient (Wildman–Crippen LogP) is 2.12. The number of carbonyl (C=O) groups is 1. The lowest BCUT2D eigenvalue weighted by atomic mass is 10.1. The van der Waals surface area contributed by atoms with E-state index >= 15 is 0 Å². The van der Waals surface area contributed by atoms with Crippen LogP contribution in [0.5, 0.6) is 0 Å². The van der Waals surface area contributed by atoms with E-state index in [0.29, 0.717) is 42.8 Å². The van der Waals surface area contributed by atoms with Gasteiger partial charge in [-0.1, -0.05) is 12.2 Å². The molecule has 0 aromatic heterocycles. The molecule has 0 bridgehead atoms. The second kappa shape index (κ2) is 8.32. The standard InChI is InChI=1S/C17H23N3O4S2/c1-12-10-19(17(21)24-11-13-2-3-13)8-9-20(12)16(25)14-4-6-15(7-5-14)18-26(22)23/h4-7,12-13,18H,2-3,8-11H2,1H3,(H,22,23)/p-1/t12-/m1/s1. The number of piperazine rings is 1. The summed E-state index contributed by atoms with van der Waals surface area (Å²) >= 11 is 3.25. The van der Waals surface area contributed by atoms with E-state index in [0.717, 1.165) is 18.4 Å². The molecule has 7 nitrogen and oxygen atoms in total. The summed E-state index contributed by atoms with van der Waals surface area (Å²) in [6.45, 7) is 4.34. The van der Waals surface area contributed by atoms with Crippen molar-refractivity contribution in [3.63, 3.8) is 0 Å². The van der Waals surface area contributed by atoms with Crippen molar-refractivity contribution in [3.8, 4) is 0 Å². The molecule has 0 radical (unpaired) electrons. The molecule has 2 fully saturated rings. The van der Waals surface area contributed by atoms with Crippen molar-refractivity contribution in [1.29, 1.82) is 0 Å². The molecule has 1 aromatic carbocycles. The van der Waals surface area contributed by atoms with Crippen molar-refractivity contribution in [1.82, 2.24) is 9.80 Å². The van der Waals surface area contributed by atoms with E-state index in [1.165, 1.54) is 0 Å². The van der Waals surface area contributed by atoms with E-state index in [9.17, 15) is 13.6 Å². The van der Waals surface area contributed by atoms with Crippen LogP contribution in [-0.2, 0) is 16.0 Å². The van der Waals surface area contributed by atoms with Crippen LogP contribution in [0.3, 0.4) is 0 Å². The zero-order valence-electron chi connectivity index (χ0n) is 14.6. The minimum atomic E-state index is -2.35. The Kier molecular flexibility index (Phi) is 6.10. The minimum absolute atomic E-state index is 0.0803. The van der Waals surface area contributed by atoms with Gasteiger partial charge in [0.1, 0.15) is 4.99 Å². The van der Waals surface area contributed by atoms with Gasteiger partial charge in [0.25, 0.3) is 0 Å². The summed E-state index contributed by atoms with van der Waals surface area (Å²) in [5.74, 6) is 0.557. The highest BCUT2D eigenvalue weighted by molar-refractivity contribution is 7.80. The van der Waals surface area contributed by atoms with Crippen LogP contribution in [0.25, 0.3) is 0 Å². The maximum Gasteiger partial charge on any atom is 0.409 e. The number of ether oxygens (including phenoxy) is 1. The van der Waals surface area contributed by atoms with Crippen LogP contribution in [0.2, 0.25) is 0 Å². The molecule has 9 heteroatoms. The average Bonchev–Trinajstić information content (AvgIpc) is 3.43. The third-order valence-corrected chi connectivity index (χ3v) is 5.49. The van der Waals surface area contributed by atoms with Gasteiger partial charge in [0, 0.05) is 48.2 Å². The second-order valence-electron chi connectivity index (χ2n) is 6.73. The Morgan fingerprint density at radius 3 is 2.62 bits per heavy atom. The van der Waals surface area contributed by atoms with Gasteiger partial charge < -0.3 is 23.8 Å². The predicted molar refractivity (Wildman–Crippen MR) is 102 cm³/mol. The Morgan fingerprint density at radius 1 is 1.35 bits per heavy atom. The van der Waals surface area contributed by atoms with Gasteiger partial charge >= 0.3 is 6.09 Å². The fraction of sp³-hybridized carbons (Fsp3) is 0.529. The van der Waals surface area contributed by atoms with Gasteiger partial charge in [0.15, 0.2) is 0 Å². The Labute approximate surface area is 161 Å². The Balaban J connectivity index is 1.55. The Morgan fingerprint density at radius 2 is 2.04 bits per heavy atom. The molecule has 1 heterocycles. The first-order chi connectivity index (χ1) is 12.4. The van der Waals surface area contributed by atoms with Crippen LogP contribution in [0, 0.1) is 5.92 Å². The SMILES string of the molecule is C[C@@H]1CN(C(=O)OCC2CC2)CCN1C(=S)c1ccc(NS(=O)[O-])cc1. The summed E-state index contributed by atoms with van der Waals surface area (Å²) in [6.07, 6.45) is 2.07. The van der Waals surface area contributed by atoms with Crippen LogP contribution in [0.1, 0.15) is 25.3 Å². The highest BCUT2D eigenvalue weighted by Crippen LogP contribution is 2.29. The maximum atomic E-state index is 12.1. The molecule has 2 atom stereocenters. The Bertz CT molecular complexity index is 694. The van der Waals surface area contributed by atoms with Gasteiger partial charge in [-0.15, -0.1) is 0 Å². The quantitative estimate of drug-likeness (QED) is 0.606. The van der Waals surface area contributed by atoms with Crippen molar-refractivity contribution in [2.24, 2.45) is 5.92 Å². The molecule has 0 spiro atoms. The molecule has 1 N–H and O–H groups in total. The lowest BCUT2D eigenvalue weighted by Gasteiger charge is -2.40. The molecule has 2 aliphatic rings. The molecule has 1 unspecified atom stereocenters. The number of amides is 1. The van der Waals surface area contributed by atoms with Crippen molar-refractivity contribution in [2.45, 2.75) is 25.8 Å². The highest BCUT2D eigenvalue weighted by atomic mass is 32.2. The number of nitrogens with zero attached hydrogens (tertiary/aromatic N) is 2. The summed E-state index contributed by atoms with van der Waals surface area (Å²) in [5, 5.41) is 0. The van der Waals surface area contributed by atoms with E-state index in [4.69, 9.17) is 17.0 Å². The van der Waals surface area contributed by atoms with Crippen LogP contribution in [-0.4, -0.2) is 61.9 Å². The van der Waals surface area contributed by atoms with Crippen molar-refractivity contribution in [3.05, 3.63) is 29.8 Å². The molecule has 1 aliphatic carbocycles. The molecule has 1 amide bonds. The molecule has 3 rings (SSSR count). The Hall–Kier alpha value is -1.71. The number of rotatable bonds is 5. The van der Waals surface area contributed by atoms with Gasteiger partial charge in [-0.3, -0.25) is 4.21 Å². The number of anilines is 1. The third kappa shape index (κ3) is 4.93. The molecule has 1 saturated carbocycles. The molecule has 1 saturated heterocycles. The fourth-order valence-corrected chi connectivity index (χ4v) is 3.67. The molecule has 1 aliphatic heterocycles. The maximum absolute atomic E-state index is 12.1. The fourth-order valence-electron chi connectivity index (χ4n) is 2.93. The smallest absolute Gasteiger partial charge is 0.409 e. The monoisotopic (exact) mass is 396 g/mol. The zero-order chi connectivity index (χ0) is 18.7. The first-order valence-electron chi connectivity index (χ1n) is 8.62. The molecule has 1 aromatic rings. The lowest BCUT2D eigenvalue weighted by molar-refractivity contribution is 0.0730. The third-order valence-electron chi connectivity index (χ3n) is 4.62. The van der Waals surface area contributed by atoms with Crippen LogP contribution in [0.4, 0.5) is 10.5 Å². The first kappa shape index (κ1) is 19.1. The lowest BCUT2D eigenvalue weighted by Crippen LogP contribution is -2.55. The molecular formula is C17H22N3O4S2-. The van der Waals surface area contributed by atoms with Crippen molar-refractivity contribution in [2.75, 3.05) is 31.0 Å². The minimum Gasteiger partial charge on any atom is -0.755 e. The largest absolute Gasteiger partial charge is 0.755 e. The summed E-state index contributed by atoms with van der Waals surface area (Å²) in [6, 6.07) is 7.01. The van der Waals surface area contributed by atoms with Gasteiger partial charge in [-0.25, -0.2) is 4.79 Å². The van der Waals surface area contributed by atoms with Crippen LogP contribution in [0.15, 0.2) is 24.3 Å². The molecule has 142 valence electrons. The first-order valence-corrected chi connectivity index (χ1v) is 10.1. The number of thiocarbonyl (C=S) groups is 1. The van der Waals surface area contributed by atoms with Gasteiger partial charge in [0.2, 0.25) is 0 Å². The van der Waals surface area contributed by atoms with Gasteiger partial charge in [-0.2, -0.15) is 0 Å². The normalized spacial score (nSPS) is 21.2. The van der Waals surface area contributed by atoms with Gasteiger partial charge in [0.05, 0.1) is 6.61 Å². The number of hydrogen-bond acceptors (Lipinski definition) is 5. The number of nitrogens with one attached hydrogen (secondary N) is 1. The van der Waals surface area contributed by atoms with E-state index in [1.54, 1.807) is 29.2 Å². The average molecular weight is 397 g/mol. The van der Waals surface area contributed by atoms with Crippen LogP contribution < -0.4 is 4.72 Å². The second-order valence-corrected chi connectivity index (χ2v) is 7.79.